The van der Waals surface area contributed by atoms with Gasteiger partial charge < -0.3 is 14.5 Å². The summed E-state index contributed by atoms with van der Waals surface area (Å²) in [5.74, 6) is 1.80. The van der Waals surface area contributed by atoms with E-state index in [0.717, 1.165) is 49.8 Å². The Morgan fingerprint density at radius 3 is 3.00 bits per heavy atom. The summed E-state index contributed by atoms with van der Waals surface area (Å²) in [5.41, 5.74) is 1.02. The van der Waals surface area contributed by atoms with Crippen LogP contribution in [0.2, 0.25) is 0 Å². The van der Waals surface area contributed by atoms with Crippen molar-refractivity contribution in [1.29, 1.82) is 0 Å². The van der Waals surface area contributed by atoms with Gasteiger partial charge in [-0.15, -0.1) is 0 Å². The van der Waals surface area contributed by atoms with Crippen LogP contribution in [0.25, 0.3) is 0 Å². The second kappa shape index (κ2) is 4.78. The van der Waals surface area contributed by atoms with Crippen molar-refractivity contribution >= 4 is 0 Å². The molecule has 1 N–H and O–H groups in total. The molecule has 0 aliphatic carbocycles. The minimum Gasteiger partial charge on any atom is -0.446 e. The van der Waals surface area contributed by atoms with Crippen LogP contribution in [0, 0.1) is 6.92 Å². The Morgan fingerprint density at radius 1 is 1.35 bits per heavy atom. The second-order valence-corrected chi connectivity index (χ2v) is 5.05. The maximum Gasteiger partial charge on any atom is 0.196 e. The van der Waals surface area contributed by atoms with Crippen LogP contribution in [0.4, 0.5) is 0 Å². The average molecular weight is 236 g/mol. The molecule has 3 heterocycles. The molecule has 2 saturated heterocycles. The Bertz CT molecular complexity index is 377. The zero-order valence-corrected chi connectivity index (χ0v) is 10.4. The number of rotatable bonds is 3. The van der Waals surface area contributed by atoms with Gasteiger partial charge in [0, 0.05) is 19.1 Å². The SMILES string of the molecule is Cc1oc(CC2CCCN2)nc1C1CCCO1. The zero-order valence-electron chi connectivity index (χ0n) is 10.4. The molecule has 0 saturated carbocycles. The highest BCUT2D eigenvalue weighted by Gasteiger charge is 2.25. The number of hydrogen-bond donors (Lipinski definition) is 1. The van der Waals surface area contributed by atoms with E-state index in [4.69, 9.17) is 9.15 Å². The first kappa shape index (κ1) is 11.2. The van der Waals surface area contributed by atoms with Gasteiger partial charge in [-0.3, -0.25) is 0 Å². The molecule has 4 heteroatoms. The number of ether oxygens (including phenoxy) is 1. The minimum absolute atomic E-state index is 0.170. The van der Waals surface area contributed by atoms with E-state index in [-0.39, 0.29) is 6.10 Å². The van der Waals surface area contributed by atoms with Crippen LogP contribution in [-0.4, -0.2) is 24.2 Å². The summed E-state index contributed by atoms with van der Waals surface area (Å²) < 4.78 is 11.4. The van der Waals surface area contributed by atoms with Crippen LogP contribution in [0.5, 0.6) is 0 Å². The first-order valence-electron chi connectivity index (χ1n) is 6.64. The second-order valence-electron chi connectivity index (χ2n) is 5.05. The van der Waals surface area contributed by atoms with E-state index < -0.39 is 0 Å². The predicted molar refractivity (Wildman–Crippen MR) is 63.9 cm³/mol. The third kappa shape index (κ3) is 2.38. The van der Waals surface area contributed by atoms with E-state index in [0.29, 0.717) is 6.04 Å². The highest BCUT2D eigenvalue weighted by Crippen LogP contribution is 2.30. The van der Waals surface area contributed by atoms with Crippen LogP contribution in [0.1, 0.15) is 49.1 Å². The maximum atomic E-state index is 5.76. The fraction of sp³-hybridized carbons (Fsp3) is 0.769. The van der Waals surface area contributed by atoms with Crippen LogP contribution >= 0.6 is 0 Å². The topological polar surface area (TPSA) is 47.3 Å². The molecule has 0 bridgehead atoms. The molecule has 2 fully saturated rings. The van der Waals surface area contributed by atoms with Crippen molar-refractivity contribution in [2.45, 2.75) is 51.2 Å². The average Bonchev–Trinajstić information content (AvgIpc) is 3.00. The Labute approximate surface area is 102 Å². The summed E-state index contributed by atoms with van der Waals surface area (Å²) in [6, 6.07) is 0.547. The van der Waals surface area contributed by atoms with E-state index in [1.54, 1.807) is 0 Å². The molecule has 94 valence electrons. The standard InChI is InChI=1S/C13H20N2O2/c1-9-13(11-5-3-7-16-11)15-12(17-9)8-10-4-2-6-14-10/h10-11,14H,2-8H2,1H3. The van der Waals surface area contributed by atoms with Gasteiger partial charge in [0.1, 0.15) is 17.6 Å². The monoisotopic (exact) mass is 236 g/mol. The van der Waals surface area contributed by atoms with E-state index >= 15 is 0 Å². The van der Waals surface area contributed by atoms with Gasteiger partial charge in [-0.2, -0.15) is 0 Å². The van der Waals surface area contributed by atoms with E-state index in [1.165, 1.54) is 12.8 Å². The molecule has 1 aromatic heterocycles. The van der Waals surface area contributed by atoms with Gasteiger partial charge in [0.2, 0.25) is 0 Å². The first-order valence-corrected chi connectivity index (χ1v) is 6.64. The number of aryl methyl sites for hydroxylation is 1. The smallest absolute Gasteiger partial charge is 0.196 e. The van der Waals surface area contributed by atoms with Gasteiger partial charge >= 0.3 is 0 Å². The van der Waals surface area contributed by atoms with Crippen molar-refractivity contribution < 1.29 is 9.15 Å². The lowest BCUT2D eigenvalue weighted by Gasteiger charge is -2.06. The van der Waals surface area contributed by atoms with Crippen molar-refractivity contribution in [3.8, 4) is 0 Å². The van der Waals surface area contributed by atoms with Crippen molar-refractivity contribution in [3.05, 3.63) is 17.3 Å². The first-order chi connectivity index (χ1) is 8.33. The van der Waals surface area contributed by atoms with E-state index in [1.807, 2.05) is 6.92 Å². The van der Waals surface area contributed by atoms with Gasteiger partial charge in [-0.05, 0) is 39.2 Å². The summed E-state index contributed by atoms with van der Waals surface area (Å²) in [5, 5.41) is 3.47. The number of nitrogens with one attached hydrogen (secondary N) is 1. The number of hydrogen-bond acceptors (Lipinski definition) is 4. The van der Waals surface area contributed by atoms with Crippen molar-refractivity contribution in [2.24, 2.45) is 0 Å². The molecular formula is C13H20N2O2. The maximum absolute atomic E-state index is 5.76. The molecular weight excluding hydrogens is 216 g/mol. The lowest BCUT2D eigenvalue weighted by atomic mass is 10.1. The van der Waals surface area contributed by atoms with Gasteiger partial charge in [0.05, 0.1) is 0 Å². The molecule has 2 aliphatic rings. The van der Waals surface area contributed by atoms with Gasteiger partial charge in [0.25, 0.3) is 0 Å². The largest absolute Gasteiger partial charge is 0.446 e. The summed E-state index contributed by atoms with van der Waals surface area (Å²) >= 11 is 0. The van der Waals surface area contributed by atoms with Crippen LogP contribution in [0.15, 0.2) is 4.42 Å². The molecule has 0 amide bonds. The predicted octanol–water partition coefficient (Wildman–Crippen LogP) is 2.13. The lowest BCUT2D eigenvalue weighted by Crippen LogP contribution is -2.23. The van der Waals surface area contributed by atoms with Gasteiger partial charge in [0.15, 0.2) is 5.89 Å². The van der Waals surface area contributed by atoms with Crippen LogP contribution in [0.3, 0.4) is 0 Å². The minimum atomic E-state index is 0.170. The Morgan fingerprint density at radius 2 is 2.29 bits per heavy atom. The highest BCUT2D eigenvalue weighted by atomic mass is 16.5. The molecule has 17 heavy (non-hydrogen) atoms. The third-order valence-corrected chi connectivity index (χ3v) is 3.69. The van der Waals surface area contributed by atoms with Crippen molar-refractivity contribution in [2.75, 3.05) is 13.2 Å². The molecule has 0 radical (unpaired) electrons. The molecule has 1 aromatic rings. The summed E-state index contributed by atoms with van der Waals surface area (Å²) in [6.45, 7) is 3.98. The van der Waals surface area contributed by atoms with Crippen LogP contribution < -0.4 is 5.32 Å². The molecule has 0 spiro atoms. The molecule has 4 nitrogen and oxygen atoms in total. The van der Waals surface area contributed by atoms with E-state index in [2.05, 4.69) is 10.3 Å². The summed E-state index contributed by atoms with van der Waals surface area (Å²) in [7, 11) is 0. The van der Waals surface area contributed by atoms with Crippen molar-refractivity contribution in [3.63, 3.8) is 0 Å². The van der Waals surface area contributed by atoms with Gasteiger partial charge in [-0.1, -0.05) is 0 Å². The summed E-state index contributed by atoms with van der Waals surface area (Å²) in [4.78, 5) is 4.62. The number of aromatic nitrogens is 1. The van der Waals surface area contributed by atoms with Crippen LogP contribution in [-0.2, 0) is 11.2 Å². The number of oxazole rings is 1. The lowest BCUT2D eigenvalue weighted by molar-refractivity contribution is 0.108. The summed E-state index contributed by atoms with van der Waals surface area (Å²) in [6.07, 6.45) is 5.79. The Hall–Kier alpha value is -0.870. The third-order valence-electron chi connectivity index (χ3n) is 3.69. The Balaban J connectivity index is 1.70. The quantitative estimate of drug-likeness (QED) is 0.873. The number of nitrogens with zero attached hydrogens (tertiary/aromatic N) is 1. The zero-order chi connectivity index (χ0) is 11.7. The molecule has 2 aliphatic heterocycles. The fourth-order valence-electron chi connectivity index (χ4n) is 2.79. The fourth-order valence-corrected chi connectivity index (χ4v) is 2.79. The molecule has 0 aromatic carbocycles. The highest BCUT2D eigenvalue weighted by molar-refractivity contribution is 5.13. The normalized spacial score (nSPS) is 29.0. The van der Waals surface area contributed by atoms with Crippen molar-refractivity contribution in [1.82, 2.24) is 10.3 Å². The molecule has 3 rings (SSSR count). The molecule has 2 atom stereocenters. The molecule has 2 unspecified atom stereocenters. The van der Waals surface area contributed by atoms with E-state index in [9.17, 15) is 0 Å². The Kier molecular flexibility index (Phi) is 3.16. The van der Waals surface area contributed by atoms with Gasteiger partial charge in [-0.25, -0.2) is 4.98 Å².